The SMILES string of the molecule is CNC(CCCOC)c1cn(C)cn1. The number of methoxy groups -OCH3 is 1. The summed E-state index contributed by atoms with van der Waals surface area (Å²) in [6.45, 7) is 0.811. The van der Waals surface area contributed by atoms with E-state index in [0.29, 0.717) is 6.04 Å². The van der Waals surface area contributed by atoms with Crippen molar-refractivity contribution >= 4 is 0 Å². The number of hydrogen-bond donors (Lipinski definition) is 1. The summed E-state index contributed by atoms with van der Waals surface area (Å²) in [6.07, 6.45) is 5.99. The molecular formula is C10H19N3O. The predicted octanol–water partition coefficient (Wildman–Crippen LogP) is 1.11. The lowest BCUT2D eigenvalue weighted by molar-refractivity contribution is 0.189. The van der Waals surface area contributed by atoms with Crippen molar-refractivity contribution in [1.29, 1.82) is 0 Å². The third-order valence-electron chi connectivity index (χ3n) is 2.27. The minimum absolute atomic E-state index is 0.339. The maximum absolute atomic E-state index is 5.02. The van der Waals surface area contributed by atoms with Crippen molar-refractivity contribution in [2.75, 3.05) is 20.8 Å². The predicted molar refractivity (Wildman–Crippen MR) is 56.1 cm³/mol. The minimum atomic E-state index is 0.339. The van der Waals surface area contributed by atoms with Gasteiger partial charge in [0.15, 0.2) is 0 Å². The maximum Gasteiger partial charge on any atom is 0.0947 e. The molecular weight excluding hydrogens is 178 g/mol. The van der Waals surface area contributed by atoms with Gasteiger partial charge in [0.2, 0.25) is 0 Å². The van der Waals surface area contributed by atoms with Crippen LogP contribution < -0.4 is 5.32 Å². The molecule has 14 heavy (non-hydrogen) atoms. The van der Waals surface area contributed by atoms with Crippen molar-refractivity contribution in [2.45, 2.75) is 18.9 Å². The summed E-state index contributed by atoms with van der Waals surface area (Å²) in [7, 11) is 5.68. The number of aryl methyl sites for hydroxylation is 1. The number of aromatic nitrogens is 2. The van der Waals surface area contributed by atoms with Crippen molar-refractivity contribution in [3.8, 4) is 0 Å². The monoisotopic (exact) mass is 197 g/mol. The summed E-state index contributed by atoms with van der Waals surface area (Å²) in [5, 5.41) is 3.26. The second kappa shape index (κ2) is 5.78. The van der Waals surface area contributed by atoms with Gasteiger partial charge in [-0.1, -0.05) is 0 Å². The zero-order valence-corrected chi connectivity index (χ0v) is 9.16. The first-order valence-corrected chi connectivity index (χ1v) is 4.92. The molecule has 0 fully saturated rings. The highest BCUT2D eigenvalue weighted by atomic mass is 16.5. The topological polar surface area (TPSA) is 39.1 Å². The van der Waals surface area contributed by atoms with Crippen LogP contribution in [0.4, 0.5) is 0 Å². The van der Waals surface area contributed by atoms with Crippen molar-refractivity contribution in [3.63, 3.8) is 0 Å². The molecule has 4 heteroatoms. The molecule has 0 aromatic carbocycles. The number of nitrogens with one attached hydrogen (secondary N) is 1. The van der Waals surface area contributed by atoms with Crippen LogP contribution in [0.1, 0.15) is 24.6 Å². The van der Waals surface area contributed by atoms with Gasteiger partial charge in [0, 0.05) is 27.0 Å². The van der Waals surface area contributed by atoms with Gasteiger partial charge < -0.3 is 14.6 Å². The fraction of sp³-hybridized carbons (Fsp3) is 0.700. The van der Waals surface area contributed by atoms with Crippen LogP contribution in [-0.2, 0) is 11.8 Å². The Morgan fingerprint density at radius 2 is 2.43 bits per heavy atom. The van der Waals surface area contributed by atoms with E-state index >= 15 is 0 Å². The number of rotatable bonds is 6. The zero-order valence-electron chi connectivity index (χ0n) is 9.16. The molecule has 0 aliphatic heterocycles. The van der Waals surface area contributed by atoms with E-state index in [9.17, 15) is 0 Å². The summed E-state index contributed by atoms with van der Waals surface area (Å²) in [5.41, 5.74) is 1.10. The Balaban J connectivity index is 2.45. The lowest BCUT2D eigenvalue weighted by Gasteiger charge is -2.12. The van der Waals surface area contributed by atoms with Crippen LogP contribution in [0, 0.1) is 0 Å². The second-order valence-corrected chi connectivity index (χ2v) is 3.44. The summed E-state index contributed by atoms with van der Waals surface area (Å²) in [5.74, 6) is 0. The highest BCUT2D eigenvalue weighted by Crippen LogP contribution is 2.15. The van der Waals surface area contributed by atoms with Gasteiger partial charge in [-0.3, -0.25) is 0 Å². The van der Waals surface area contributed by atoms with Crippen molar-refractivity contribution < 1.29 is 4.74 Å². The molecule has 1 unspecified atom stereocenters. The molecule has 80 valence electrons. The smallest absolute Gasteiger partial charge is 0.0947 e. The maximum atomic E-state index is 5.02. The highest BCUT2D eigenvalue weighted by molar-refractivity contribution is 5.03. The van der Waals surface area contributed by atoms with Crippen LogP contribution in [0.15, 0.2) is 12.5 Å². The van der Waals surface area contributed by atoms with E-state index in [0.717, 1.165) is 25.1 Å². The average Bonchev–Trinajstić information content (AvgIpc) is 2.60. The van der Waals surface area contributed by atoms with Crippen LogP contribution in [0.3, 0.4) is 0 Å². The van der Waals surface area contributed by atoms with Crippen LogP contribution in [0.25, 0.3) is 0 Å². The third kappa shape index (κ3) is 3.12. The van der Waals surface area contributed by atoms with Crippen LogP contribution in [0.5, 0.6) is 0 Å². The first kappa shape index (κ1) is 11.2. The Bertz CT molecular complexity index is 260. The first-order chi connectivity index (χ1) is 6.77. The summed E-state index contributed by atoms with van der Waals surface area (Å²) in [4.78, 5) is 4.33. The lowest BCUT2D eigenvalue weighted by Crippen LogP contribution is -2.17. The largest absolute Gasteiger partial charge is 0.385 e. The standard InChI is InChI=1S/C10H19N3O/c1-11-9(5-4-6-14-3)10-7-13(2)8-12-10/h7-9,11H,4-6H2,1-3H3. The lowest BCUT2D eigenvalue weighted by atomic mass is 10.1. The van der Waals surface area contributed by atoms with E-state index in [2.05, 4.69) is 10.3 Å². The second-order valence-electron chi connectivity index (χ2n) is 3.44. The van der Waals surface area contributed by atoms with Gasteiger partial charge in [-0.05, 0) is 19.9 Å². The van der Waals surface area contributed by atoms with Gasteiger partial charge in [0.05, 0.1) is 18.1 Å². The van der Waals surface area contributed by atoms with Crippen molar-refractivity contribution in [3.05, 3.63) is 18.2 Å². The molecule has 0 aliphatic carbocycles. The molecule has 4 nitrogen and oxygen atoms in total. The Morgan fingerprint density at radius 3 is 2.93 bits per heavy atom. The molecule has 0 saturated carbocycles. The number of ether oxygens (including phenoxy) is 1. The fourth-order valence-corrected chi connectivity index (χ4v) is 1.48. The Hall–Kier alpha value is -0.870. The van der Waals surface area contributed by atoms with Crippen molar-refractivity contribution in [1.82, 2.24) is 14.9 Å². The Morgan fingerprint density at radius 1 is 1.64 bits per heavy atom. The van der Waals surface area contributed by atoms with E-state index in [-0.39, 0.29) is 0 Å². The van der Waals surface area contributed by atoms with Crippen LogP contribution in [-0.4, -0.2) is 30.3 Å². The molecule has 1 N–H and O–H groups in total. The van der Waals surface area contributed by atoms with Gasteiger partial charge in [-0.25, -0.2) is 4.98 Å². The number of hydrogen-bond acceptors (Lipinski definition) is 3. The van der Waals surface area contributed by atoms with E-state index in [1.807, 2.05) is 31.2 Å². The Kier molecular flexibility index (Phi) is 4.62. The molecule has 1 aromatic rings. The third-order valence-corrected chi connectivity index (χ3v) is 2.27. The normalized spacial score (nSPS) is 13.1. The van der Waals surface area contributed by atoms with Gasteiger partial charge in [0.1, 0.15) is 0 Å². The Labute approximate surface area is 85.3 Å². The molecule has 0 radical (unpaired) electrons. The van der Waals surface area contributed by atoms with Crippen molar-refractivity contribution in [2.24, 2.45) is 7.05 Å². The summed E-state index contributed by atoms with van der Waals surface area (Å²) >= 11 is 0. The van der Waals surface area contributed by atoms with Gasteiger partial charge in [0.25, 0.3) is 0 Å². The van der Waals surface area contributed by atoms with E-state index in [4.69, 9.17) is 4.74 Å². The molecule has 0 saturated heterocycles. The zero-order chi connectivity index (χ0) is 10.4. The fourth-order valence-electron chi connectivity index (χ4n) is 1.48. The molecule has 0 spiro atoms. The average molecular weight is 197 g/mol. The molecule has 1 aromatic heterocycles. The van der Waals surface area contributed by atoms with Gasteiger partial charge >= 0.3 is 0 Å². The first-order valence-electron chi connectivity index (χ1n) is 4.92. The van der Waals surface area contributed by atoms with Gasteiger partial charge in [-0.15, -0.1) is 0 Å². The minimum Gasteiger partial charge on any atom is -0.385 e. The van der Waals surface area contributed by atoms with Crippen LogP contribution in [0.2, 0.25) is 0 Å². The summed E-state index contributed by atoms with van der Waals surface area (Å²) in [6, 6.07) is 0.339. The molecule has 0 bridgehead atoms. The number of nitrogens with zero attached hydrogens (tertiary/aromatic N) is 2. The molecule has 1 atom stereocenters. The highest BCUT2D eigenvalue weighted by Gasteiger charge is 2.10. The van der Waals surface area contributed by atoms with E-state index < -0.39 is 0 Å². The molecule has 1 rings (SSSR count). The van der Waals surface area contributed by atoms with E-state index in [1.54, 1.807) is 7.11 Å². The van der Waals surface area contributed by atoms with E-state index in [1.165, 1.54) is 0 Å². The molecule has 0 aliphatic rings. The quantitative estimate of drug-likeness (QED) is 0.694. The summed E-state index contributed by atoms with van der Waals surface area (Å²) < 4.78 is 6.99. The number of imidazole rings is 1. The molecule has 1 heterocycles. The van der Waals surface area contributed by atoms with Gasteiger partial charge in [-0.2, -0.15) is 0 Å². The molecule has 0 amide bonds. The van der Waals surface area contributed by atoms with Crippen LogP contribution >= 0.6 is 0 Å².